The maximum atomic E-state index is 12.4. The number of aryl methyl sites for hydroxylation is 1. The van der Waals surface area contributed by atoms with Crippen molar-refractivity contribution < 1.29 is 13.2 Å². The highest BCUT2D eigenvalue weighted by Crippen LogP contribution is 2.37. The van der Waals surface area contributed by atoms with E-state index in [2.05, 4.69) is 9.82 Å². The van der Waals surface area contributed by atoms with Crippen molar-refractivity contribution in [3.05, 3.63) is 40.7 Å². The molecule has 1 N–H and O–H groups in total. The average Bonchev–Trinajstić information content (AvgIpc) is 3.02. The Balaban J connectivity index is 1.83. The van der Waals surface area contributed by atoms with Crippen molar-refractivity contribution in [3.63, 3.8) is 0 Å². The Morgan fingerprint density at radius 1 is 1.50 bits per heavy atom. The van der Waals surface area contributed by atoms with Crippen LogP contribution in [-0.2, 0) is 30.0 Å². The molecule has 0 amide bonds. The molecule has 118 valence electrons. The highest BCUT2D eigenvalue weighted by atomic mass is 35.5. The van der Waals surface area contributed by atoms with Crippen molar-refractivity contribution in [1.29, 1.82) is 0 Å². The summed E-state index contributed by atoms with van der Waals surface area (Å²) >= 11 is 6.14. The molecule has 1 aromatic heterocycles. The summed E-state index contributed by atoms with van der Waals surface area (Å²) < 4.78 is 34.6. The Kier molecular flexibility index (Phi) is 3.88. The second-order valence-corrected chi connectivity index (χ2v) is 7.55. The molecular formula is C14H16ClN3O3S. The topological polar surface area (TPSA) is 73.2 Å². The number of rotatable bonds is 4. The van der Waals surface area contributed by atoms with Crippen LogP contribution in [0.15, 0.2) is 29.4 Å². The van der Waals surface area contributed by atoms with Crippen LogP contribution in [0.1, 0.15) is 18.1 Å². The summed E-state index contributed by atoms with van der Waals surface area (Å²) in [6.45, 7) is 2.10. The number of halogens is 1. The number of nitrogens with one attached hydrogen (secondary N) is 1. The third-order valence-corrected chi connectivity index (χ3v) is 5.12. The molecule has 0 radical (unpaired) electrons. The molecule has 6 nitrogen and oxygen atoms in total. The lowest BCUT2D eigenvalue weighted by atomic mass is 10.1. The van der Waals surface area contributed by atoms with Crippen molar-refractivity contribution in [2.75, 3.05) is 0 Å². The first-order valence-corrected chi connectivity index (χ1v) is 8.67. The second kappa shape index (κ2) is 5.57. The average molecular weight is 342 g/mol. The summed E-state index contributed by atoms with van der Waals surface area (Å²) in [5.74, 6) is 0.584. The van der Waals surface area contributed by atoms with Crippen molar-refractivity contribution in [1.82, 2.24) is 14.5 Å². The van der Waals surface area contributed by atoms with E-state index in [1.807, 2.05) is 6.92 Å². The van der Waals surface area contributed by atoms with Gasteiger partial charge in [-0.15, -0.1) is 0 Å². The zero-order valence-corrected chi connectivity index (χ0v) is 13.8. The van der Waals surface area contributed by atoms with Gasteiger partial charge in [-0.1, -0.05) is 11.6 Å². The summed E-state index contributed by atoms with van der Waals surface area (Å²) in [5.41, 5.74) is 1.61. The van der Waals surface area contributed by atoms with Crippen LogP contribution in [0.4, 0.5) is 0 Å². The number of fused-ring (bicyclic) bond motifs is 1. The first-order chi connectivity index (χ1) is 10.3. The highest BCUT2D eigenvalue weighted by Gasteiger charge is 2.25. The van der Waals surface area contributed by atoms with E-state index in [9.17, 15) is 8.42 Å². The molecule has 1 aliphatic rings. The number of sulfonamides is 1. The third-order valence-electron chi connectivity index (χ3n) is 3.46. The first-order valence-electron chi connectivity index (χ1n) is 6.81. The van der Waals surface area contributed by atoms with Crippen LogP contribution >= 0.6 is 11.6 Å². The van der Waals surface area contributed by atoms with Crippen LogP contribution in [0.5, 0.6) is 5.75 Å². The molecule has 2 aromatic rings. The van der Waals surface area contributed by atoms with Gasteiger partial charge in [-0.2, -0.15) is 5.10 Å². The second-order valence-electron chi connectivity index (χ2n) is 5.37. The van der Waals surface area contributed by atoms with E-state index >= 15 is 0 Å². The quantitative estimate of drug-likeness (QED) is 0.921. The molecular weight excluding hydrogens is 326 g/mol. The standard InChI is InChI=1S/C14H16ClN3O3S/c1-9-3-11-4-12(5-13(15)14(11)21-9)22(19,20)17-7-10-6-16-18(2)8-10/h4-6,8-9,17H,3,7H2,1-2H3/t9-/m0/s1. The number of ether oxygens (including phenoxy) is 1. The van der Waals surface area contributed by atoms with Crippen molar-refractivity contribution >= 4 is 21.6 Å². The summed E-state index contributed by atoms with van der Waals surface area (Å²) in [6.07, 6.45) is 4.04. The smallest absolute Gasteiger partial charge is 0.240 e. The van der Waals surface area contributed by atoms with Gasteiger partial charge >= 0.3 is 0 Å². The van der Waals surface area contributed by atoms with E-state index in [0.29, 0.717) is 17.2 Å². The number of benzene rings is 1. The van der Waals surface area contributed by atoms with E-state index in [-0.39, 0.29) is 17.5 Å². The minimum atomic E-state index is -3.64. The molecule has 2 heterocycles. The fraction of sp³-hybridized carbons (Fsp3) is 0.357. The van der Waals surface area contributed by atoms with Crippen LogP contribution in [-0.4, -0.2) is 24.3 Å². The van der Waals surface area contributed by atoms with Crippen molar-refractivity contribution in [3.8, 4) is 5.75 Å². The molecule has 1 aliphatic heterocycles. The zero-order valence-electron chi connectivity index (χ0n) is 12.2. The minimum absolute atomic E-state index is 0.00815. The molecule has 0 fully saturated rings. The highest BCUT2D eigenvalue weighted by molar-refractivity contribution is 7.89. The van der Waals surface area contributed by atoms with Crippen molar-refractivity contribution in [2.24, 2.45) is 7.05 Å². The van der Waals surface area contributed by atoms with Crippen LogP contribution in [0.2, 0.25) is 5.02 Å². The summed E-state index contributed by atoms with van der Waals surface area (Å²) in [6, 6.07) is 3.04. The molecule has 0 unspecified atom stereocenters. The van der Waals surface area contributed by atoms with Crippen LogP contribution in [0.25, 0.3) is 0 Å². The van der Waals surface area contributed by atoms with Gasteiger partial charge in [0.15, 0.2) is 0 Å². The van der Waals surface area contributed by atoms with Gasteiger partial charge in [0.05, 0.1) is 16.1 Å². The molecule has 3 rings (SSSR count). The van der Waals surface area contributed by atoms with Crippen LogP contribution in [0, 0.1) is 0 Å². The van der Waals surface area contributed by atoms with Crippen molar-refractivity contribution in [2.45, 2.75) is 30.9 Å². The lowest BCUT2D eigenvalue weighted by molar-refractivity contribution is 0.255. The Morgan fingerprint density at radius 3 is 2.95 bits per heavy atom. The maximum absolute atomic E-state index is 12.4. The monoisotopic (exact) mass is 341 g/mol. The predicted octanol–water partition coefficient (Wildman–Crippen LogP) is 1.88. The number of nitrogens with zero attached hydrogens (tertiary/aromatic N) is 2. The lowest BCUT2D eigenvalue weighted by Crippen LogP contribution is -2.23. The lowest BCUT2D eigenvalue weighted by Gasteiger charge is -2.09. The fourth-order valence-electron chi connectivity index (χ4n) is 2.44. The number of hydrogen-bond acceptors (Lipinski definition) is 4. The minimum Gasteiger partial charge on any atom is -0.489 e. The first kappa shape index (κ1) is 15.3. The van der Waals surface area contributed by atoms with Gasteiger partial charge in [0.25, 0.3) is 0 Å². The van der Waals surface area contributed by atoms with Crippen LogP contribution < -0.4 is 9.46 Å². The molecule has 8 heteroatoms. The van der Waals surface area contributed by atoms with E-state index in [1.54, 1.807) is 30.2 Å². The molecule has 1 atom stereocenters. The Hall–Kier alpha value is -1.57. The van der Waals surface area contributed by atoms with E-state index in [0.717, 1.165) is 11.1 Å². The van der Waals surface area contributed by atoms with Gasteiger partial charge in [0.1, 0.15) is 11.9 Å². The fourth-order valence-corrected chi connectivity index (χ4v) is 3.88. The molecule has 1 aromatic carbocycles. The third kappa shape index (κ3) is 2.97. The van der Waals surface area contributed by atoms with E-state index in [4.69, 9.17) is 16.3 Å². The molecule has 0 spiro atoms. The van der Waals surface area contributed by atoms with Gasteiger partial charge in [0, 0.05) is 37.3 Å². The summed E-state index contributed by atoms with van der Waals surface area (Å²) in [4.78, 5) is 0.151. The normalized spacial score (nSPS) is 17.3. The Bertz CT molecular complexity index is 817. The number of aromatic nitrogens is 2. The predicted molar refractivity (Wildman–Crippen MR) is 82.5 cm³/mol. The van der Waals surface area contributed by atoms with E-state index in [1.165, 1.54) is 6.07 Å². The van der Waals surface area contributed by atoms with Gasteiger partial charge in [0.2, 0.25) is 10.0 Å². The Morgan fingerprint density at radius 2 is 2.27 bits per heavy atom. The zero-order chi connectivity index (χ0) is 15.9. The molecule has 0 saturated heterocycles. The van der Waals surface area contributed by atoms with Crippen LogP contribution in [0.3, 0.4) is 0 Å². The van der Waals surface area contributed by atoms with Gasteiger partial charge in [-0.3, -0.25) is 4.68 Å². The molecule has 22 heavy (non-hydrogen) atoms. The largest absolute Gasteiger partial charge is 0.489 e. The SMILES string of the molecule is C[C@H]1Cc2cc(S(=O)(=O)NCc3cnn(C)c3)cc(Cl)c2O1. The summed E-state index contributed by atoms with van der Waals surface area (Å²) in [7, 11) is -1.86. The van der Waals surface area contributed by atoms with Gasteiger partial charge in [-0.05, 0) is 19.1 Å². The van der Waals surface area contributed by atoms with Gasteiger partial charge in [-0.25, -0.2) is 13.1 Å². The van der Waals surface area contributed by atoms with E-state index < -0.39 is 10.0 Å². The van der Waals surface area contributed by atoms with Gasteiger partial charge < -0.3 is 4.74 Å². The molecule has 0 bridgehead atoms. The summed E-state index contributed by atoms with van der Waals surface area (Å²) in [5, 5.41) is 4.33. The molecule has 0 aliphatic carbocycles. The molecule has 0 saturated carbocycles. The number of hydrogen-bond donors (Lipinski definition) is 1. The maximum Gasteiger partial charge on any atom is 0.240 e. The Labute approximate surface area is 134 Å².